The molecule has 1 aliphatic heterocycles. The van der Waals surface area contributed by atoms with Crippen LogP contribution < -0.4 is 4.74 Å². The monoisotopic (exact) mass is 325 g/mol. The second-order valence-corrected chi connectivity index (χ2v) is 6.72. The van der Waals surface area contributed by atoms with Crippen molar-refractivity contribution in [3.05, 3.63) is 29.8 Å². The molecular weight excluding hydrogens is 306 g/mol. The van der Waals surface area contributed by atoms with E-state index in [2.05, 4.69) is 29.8 Å². The quantitative estimate of drug-likeness (QED) is 0.778. The summed E-state index contributed by atoms with van der Waals surface area (Å²) < 4.78 is 5.64. The second kappa shape index (κ2) is 6.42. The highest BCUT2D eigenvalue weighted by molar-refractivity contribution is 9.09. The van der Waals surface area contributed by atoms with Crippen LogP contribution in [0.5, 0.6) is 5.75 Å². The fraction of sp³-hybridized carbons (Fsp3) is 0.533. The van der Waals surface area contributed by atoms with Gasteiger partial charge in [0.2, 0.25) is 5.91 Å². The summed E-state index contributed by atoms with van der Waals surface area (Å²) in [6.07, 6.45) is 0.607. The number of halogens is 1. The Bertz CT molecular complexity index is 430. The molecule has 104 valence electrons. The van der Waals surface area contributed by atoms with Gasteiger partial charge in [0.05, 0.1) is 6.61 Å². The minimum Gasteiger partial charge on any atom is -0.493 e. The molecule has 1 saturated heterocycles. The third-order valence-corrected chi connectivity index (χ3v) is 3.66. The maximum atomic E-state index is 11.7. The molecule has 1 heterocycles. The lowest BCUT2D eigenvalue weighted by atomic mass is 10.2. The first kappa shape index (κ1) is 14.4. The van der Waals surface area contributed by atoms with Crippen molar-refractivity contribution in [2.45, 2.75) is 31.6 Å². The maximum absolute atomic E-state index is 11.7. The van der Waals surface area contributed by atoms with Crippen molar-refractivity contribution in [1.82, 2.24) is 4.90 Å². The molecule has 19 heavy (non-hydrogen) atoms. The zero-order chi connectivity index (χ0) is 13.8. The molecule has 0 saturated carbocycles. The summed E-state index contributed by atoms with van der Waals surface area (Å²) in [6, 6.07) is 8.02. The first-order valence-electron chi connectivity index (χ1n) is 6.68. The number of ether oxygens (including phenoxy) is 1. The van der Waals surface area contributed by atoms with E-state index >= 15 is 0 Å². The number of carbonyl (C=O) groups is 1. The first-order chi connectivity index (χ1) is 9.04. The van der Waals surface area contributed by atoms with E-state index in [-0.39, 0.29) is 5.91 Å². The number of nitrogens with zero attached hydrogens (tertiary/aromatic N) is 1. The molecule has 3 nitrogen and oxygen atoms in total. The van der Waals surface area contributed by atoms with Crippen LogP contribution in [0.2, 0.25) is 0 Å². The summed E-state index contributed by atoms with van der Waals surface area (Å²) in [5, 5.41) is 0. The average molecular weight is 326 g/mol. The van der Waals surface area contributed by atoms with Crippen LogP contribution in [0.4, 0.5) is 0 Å². The third kappa shape index (κ3) is 4.23. The van der Waals surface area contributed by atoms with Crippen LogP contribution in [-0.4, -0.2) is 28.8 Å². The molecule has 0 aliphatic carbocycles. The van der Waals surface area contributed by atoms with Crippen LogP contribution >= 0.6 is 15.9 Å². The molecule has 2 rings (SSSR count). The van der Waals surface area contributed by atoms with Gasteiger partial charge in [-0.15, -0.1) is 0 Å². The van der Waals surface area contributed by atoms with Gasteiger partial charge < -0.3 is 9.64 Å². The van der Waals surface area contributed by atoms with Crippen LogP contribution in [0, 0.1) is 5.92 Å². The number of likely N-dealkylation sites (tertiary alicyclic amines) is 1. The number of benzene rings is 1. The standard InChI is InChI=1S/C15H20BrNO2/c1-11(2)10-19-14-5-3-12(4-6-14)8-17-9-13(16)7-15(17)18/h3-6,11,13H,7-10H2,1-2H3. The highest BCUT2D eigenvalue weighted by Crippen LogP contribution is 2.21. The average Bonchev–Trinajstić information content (AvgIpc) is 2.67. The molecular formula is C15H20BrNO2. The molecule has 1 unspecified atom stereocenters. The van der Waals surface area contributed by atoms with Gasteiger partial charge in [-0.25, -0.2) is 0 Å². The Morgan fingerprint density at radius 3 is 2.58 bits per heavy atom. The molecule has 0 radical (unpaired) electrons. The molecule has 1 aromatic carbocycles. The van der Waals surface area contributed by atoms with Gasteiger partial charge in [-0.05, 0) is 23.6 Å². The van der Waals surface area contributed by atoms with Gasteiger partial charge in [-0.1, -0.05) is 41.9 Å². The Morgan fingerprint density at radius 1 is 1.37 bits per heavy atom. The van der Waals surface area contributed by atoms with E-state index in [1.807, 2.05) is 29.2 Å². The number of hydrogen-bond donors (Lipinski definition) is 0. The topological polar surface area (TPSA) is 29.5 Å². The summed E-state index contributed by atoms with van der Waals surface area (Å²) in [5.41, 5.74) is 1.15. The molecule has 4 heteroatoms. The van der Waals surface area contributed by atoms with Crippen LogP contribution in [0.25, 0.3) is 0 Å². The van der Waals surface area contributed by atoms with Crippen LogP contribution in [-0.2, 0) is 11.3 Å². The minimum atomic E-state index is 0.224. The molecule has 1 aromatic rings. The number of hydrogen-bond acceptors (Lipinski definition) is 2. The van der Waals surface area contributed by atoms with Gasteiger partial charge in [0, 0.05) is 24.3 Å². The van der Waals surface area contributed by atoms with Gasteiger partial charge in [0.25, 0.3) is 0 Å². The van der Waals surface area contributed by atoms with Gasteiger partial charge in [-0.2, -0.15) is 0 Å². The number of carbonyl (C=O) groups excluding carboxylic acids is 1. The number of rotatable bonds is 5. The summed E-state index contributed by atoms with van der Waals surface area (Å²) in [4.78, 5) is 13.9. The van der Waals surface area contributed by atoms with Crippen molar-refractivity contribution in [2.75, 3.05) is 13.2 Å². The number of alkyl halides is 1. The molecule has 0 spiro atoms. The Hall–Kier alpha value is -1.03. The molecule has 0 bridgehead atoms. The Labute approximate surface area is 123 Å². The molecule has 0 aromatic heterocycles. The zero-order valence-corrected chi connectivity index (χ0v) is 13.0. The van der Waals surface area contributed by atoms with E-state index in [4.69, 9.17) is 4.74 Å². The van der Waals surface area contributed by atoms with Crippen molar-refractivity contribution in [3.63, 3.8) is 0 Å². The van der Waals surface area contributed by atoms with Crippen molar-refractivity contribution >= 4 is 21.8 Å². The molecule has 0 N–H and O–H groups in total. The second-order valence-electron chi connectivity index (χ2n) is 5.42. The first-order valence-corrected chi connectivity index (χ1v) is 7.59. The van der Waals surface area contributed by atoms with E-state index < -0.39 is 0 Å². The van der Waals surface area contributed by atoms with Gasteiger partial charge in [0.1, 0.15) is 5.75 Å². The van der Waals surface area contributed by atoms with E-state index in [0.717, 1.165) is 24.5 Å². The SMILES string of the molecule is CC(C)COc1ccc(CN2CC(Br)CC2=O)cc1. The van der Waals surface area contributed by atoms with Crippen LogP contribution in [0.1, 0.15) is 25.8 Å². The van der Waals surface area contributed by atoms with Crippen molar-refractivity contribution in [1.29, 1.82) is 0 Å². The highest BCUT2D eigenvalue weighted by Gasteiger charge is 2.27. The third-order valence-electron chi connectivity index (χ3n) is 3.05. The summed E-state index contributed by atoms with van der Waals surface area (Å²) >= 11 is 3.50. The lowest BCUT2D eigenvalue weighted by Crippen LogP contribution is -2.24. The molecule has 1 amide bonds. The predicted molar refractivity (Wildman–Crippen MR) is 79.5 cm³/mol. The fourth-order valence-corrected chi connectivity index (χ4v) is 2.68. The summed E-state index contributed by atoms with van der Waals surface area (Å²) in [6.45, 7) is 6.47. The normalized spacial score (nSPS) is 19.3. The lowest BCUT2D eigenvalue weighted by Gasteiger charge is -2.16. The van der Waals surface area contributed by atoms with Crippen LogP contribution in [0.3, 0.4) is 0 Å². The van der Waals surface area contributed by atoms with E-state index in [0.29, 0.717) is 23.7 Å². The summed E-state index contributed by atoms with van der Waals surface area (Å²) in [5.74, 6) is 1.64. The van der Waals surface area contributed by atoms with Gasteiger partial charge >= 0.3 is 0 Å². The maximum Gasteiger partial charge on any atom is 0.224 e. The predicted octanol–water partition coefficient (Wildman–Crippen LogP) is 3.22. The Kier molecular flexibility index (Phi) is 4.86. The Morgan fingerprint density at radius 2 is 2.05 bits per heavy atom. The van der Waals surface area contributed by atoms with Crippen molar-refractivity contribution in [2.24, 2.45) is 5.92 Å². The molecule has 1 atom stereocenters. The van der Waals surface area contributed by atoms with Gasteiger partial charge in [-0.3, -0.25) is 4.79 Å². The van der Waals surface area contributed by atoms with E-state index in [9.17, 15) is 4.79 Å². The van der Waals surface area contributed by atoms with E-state index in [1.54, 1.807) is 0 Å². The van der Waals surface area contributed by atoms with Crippen molar-refractivity contribution in [3.8, 4) is 5.75 Å². The number of amides is 1. The molecule has 1 aliphatic rings. The molecule has 1 fully saturated rings. The van der Waals surface area contributed by atoms with E-state index in [1.165, 1.54) is 0 Å². The zero-order valence-electron chi connectivity index (χ0n) is 11.4. The fourth-order valence-electron chi connectivity index (χ4n) is 2.05. The Balaban J connectivity index is 1.90. The largest absolute Gasteiger partial charge is 0.493 e. The van der Waals surface area contributed by atoms with Crippen molar-refractivity contribution < 1.29 is 9.53 Å². The summed E-state index contributed by atoms with van der Waals surface area (Å²) in [7, 11) is 0. The van der Waals surface area contributed by atoms with Gasteiger partial charge in [0.15, 0.2) is 0 Å². The van der Waals surface area contributed by atoms with Crippen LogP contribution in [0.15, 0.2) is 24.3 Å². The lowest BCUT2D eigenvalue weighted by molar-refractivity contribution is -0.128. The smallest absolute Gasteiger partial charge is 0.224 e. The minimum absolute atomic E-state index is 0.224. The highest BCUT2D eigenvalue weighted by atomic mass is 79.9.